The molecule has 0 aliphatic carbocycles. The molecule has 0 atom stereocenters. The van der Waals surface area contributed by atoms with Gasteiger partial charge in [-0.2, -0.15) is 0 Å². The minimum absolute atomic E-state index is 0.0638. The molecule has 0 saturated carbocycles. The van der Waals surface area contributed by atoms with Gasteiger partial charge in [-0.3, -0.25) is 14.9 Å². The quantitative estimate of drug-likeness (QED) is 0.228. The summed E-state index contributed by atoms with van der Waals surface area (Å²) in [5.41, 5.74) is 3.14. The number of para-hydroxylation sites is 1. The van der Waals surface area contributed by atoms with E-state index in [-0.39, 0.29) is 11.5 Å². The molecular formula is C21H14N4O3. The van der Waals surface area contributed by atoms with Crippen molar-refractivity contribution in [2.45, 2.75) is 0 Å². The number of non-ortho nitro benzene ring substituents is 1. The second-order valence-electron chi connectivity index (χ2n) is 6.05. The lowest BCUT2D eigenvalue weighted by Gasteiger charge is -2.09. The predicted octanol–water partition coefficient (Wildman–Crippen LogP) is 4.11. The summed E-state index contributed by atoms with van der Waals surface area (Å²) in [6, 6.07) is 22.4. The normalized spacial score (nSPS) is 11.5. The Balaban J connectivity index is 1.81. The number of aromatic nitrogens is 3. The number of carbonyl (C=O) groups is 1. The fraction of sp³-hybridized carbons (Fsp3) is 0. The van der Waals surface area contributed by atoms with E-state index in [0.29, 0.717) is 16.8 Å². The maximum atomic E-state index is 12.8. The van der Waals surface area contributed by atoms with Crippen LogP contribution in [0.5, 0.6) is 0 Å². The first-order valence-electron chi connectivity index (χ1n) is 8.50. The number of allylic oxidation sites excluding steroid dienone is 1. The molecule has 136 valence electrons. The highest BCUT2D eigenvalue weighted by Crippen LogP contribution is 2.22. The number of ketones is 1. The zero-order chi connectivity index (χ0) is 19.5. The summed E-state index contributed by atoms with van der Waals surface area (Å²) in [6.07, 6.45) is 1.47. The van der Waals surface area contributed by atoms with Crippen molar-refractivity contribution in [2.24, 2.45) is 0 Å². The maximum Gasteiger partial charge on any atom is 0.269 e. The second kappa shape index (κ2) is 7.24. The van der Waals surface area contributed by atoms with Crippen LogP contribution in [0.4, 0.5) is 5.69 Å². The van der Waals surface area contributed by atoms with Crippen LogP contribution in [0.2, 0.25) is 0 Å². The highest BCUT2D eigenvalue weighted by molar-refractivity contribution is 6.09. The zero-order valence-corrected chi connectivity index (χ0v) is 14.6. The van der Waals surface area contributed by atoms with Crippen LogP contribution in [0.15, 0.2) is 84.9 Å². The summed E-state index contributed by atoms with van der Waals surface area (Å²) in [4.78, 5) is 23.1. The van der Waals surface area contributed by atoms with Gasteiger partial charge in [0.25, 0.3) is 5.69 Å². The molecule has 1 aromatic heterocycles. The molecule has 7 nitrogen and oxygen atoms in total. The number of nitrogens with zero attached hydrogens (tertiary/aromatic N) is 4. The van der Waals surface area contributed by atoms with Gasteiger partial charge in [-0.05, 0) is 24.3 Å². The van der Waals surface area contributed by atoms with Crippen LogP contribution in [0.1, 0.15) is 15.9 Å². The van der Waals surface area contributed by atoms with Crippen LogP contribution in [-0.4, -0.2) is 25.7 Å². The van der Waals surface area contributed by atoms with E-state index < -0.39 is 4.92 Å². The number of nitro groups is 1. The van der Waals surface area contributed by atoms with E-state index in [9.17, 15) is 14.9 Å². The van der Waals surface area contributed by atoms with E-state index in [4.69, 9.17) is 0 Å². The molecule has 7 heteroatoms. The highest BCUT2D eigenvalue weighted by atomic mass is 16.6. The molecule has 0 unspecified atom stereocenters. The molecule has 0 radical (unpaired) electrons. The van der Waals surface area contributed by atoms with Crippen molar-refractivity contribution in [3.63, 3.8) is 0 Å². The number of rotatable bonds is 5. The molecule has 1 heterocycles. The number of hydrogen-bond donors (Lipinski definition) is 0. The van der Waals surface area contributed by atoms with Gasteiger partial charge in [0.15, 0.2) is 5.78 Å². The lowest BCUT2D eigenvalue weighted by Crippen LogP contribution is -2.05. The fourth-order valence-electron chi connectivity index (χ4n) is 2.88. The van der Waals surface area contributed by atoms with Gasteiger partial charge in [0, 0.05) is 29.3 Å². The summed E-state index contributed by atoms with van der Waals surface area (Å²) >= 11 is 0. The van der Waals surface area contributed by atoms with E-state index in [1.54, 1.807) is 4.68 Å². The summed E-state index contributed by atoms with van der Waals surface area (Å²) < 4.78 is 1.62. The van der Waals surface area contributed by atoms with Gasteiger partial charge in [0.05, 0.1) is 16.1 Å². The van der Waals surface area contributed by atoms with Gasteiger partial charge in [0.1, 0.15) is 5.52 Å². The summed E-state index contributed by atoms with van der Waals surface area (Å²) in [6.45, 7) is 0. The third kappa shape index (κ3) is 3.28. The third-order valence-electron chi connectivity index (χ3n) is 4.28. The Kier molecular flexibility index (Phi) is 4.47. The van der Waals surface area contributed by atoms with Crippen LogP contribution in [-0.2, 0) is 0 Å². The van der Waals surface area contributed by atoms with Crippen molar-refractivity contribution in [2.75, 3.05) is 0 Å². The SMILES string of the molecule is O=C(C=C(c1ccccc1)n1nnc2ccccc21)c1ccc([N+](=O)[O-])cc1. The van der Waals surface area contributed by atoms with Crippen molar-refractivity contribution in [3.05, 3.63) is 106 Å². The summed E-state index contributed by atoms with van der Waals surface area (Å²) in [5.74, 6) is -0.284. The van der Waals surface area contributed by atoms with E-state index >= 15 is 0 Å². The number of carbonyl (C=O) groups excluding carboxylic acids is 1. The van der Waals surface area contributed by atoms with E-state index in [1.807, 2.05) is 54.6 Å². The topological polar surface area (TPSA) is 90.9 Å². The van der Waals surface area contributed by atoms with E-state index in [1.165, 1.54) is 30.3 Å². The van der Waals surface area contributed by atoms with Gasteiger partial charge in [0.2, 0.25) is 0 Å². The molecular weight excluding hydrogens is 356 g/mol. The van der Waals surface area contributed by atoms with Gasteiger partial charge >= 0.3 is 0 Å². The first-order chi connectivity index (χ1) is 13.6. The third-order valence-corrected chi connectivity index (χ3v) is 4.28. The molecule has 4 rings (SSSR count). The molecule has 0 spiro atoms. The molecule has 0 aliphatic heterocycles. The number of hydrogen-bond acceptors (Lipinski definition) is 5. The molecule has 3 aromatic carbocycles. The van der Waals surface area contributed by atoms with E-state index in [2.05, 4.69) is 10.3 Å². The minimum Gasteiger partial charge on any atom is -0.289 e. The van der Waals surface area contributed by atoms with Gasteiger partial charge in [-0.25, -0.2) is 4.68 Å². The molecule has 28 heavy (non-hydrogen) atoms. The van der Waals surface area contributed by atoms with E-state index in [0.717, 1.165) is 11.1 Å². The molecule has 0 amide bonds. The van der Waals surface area contributed by atoms with Crippen LogP contribution >= 0.6 is 0 Å². The van der Waals surface area contributed by atoms with Gasteiger partial charge in [-0.1, -0.05) is 47.7 Å². The first-order valence-corrected chi connectivity index (χ1v) is 8.50. The van der Waals surface area contributed by atoms with Crippen molar-refractivity contribution < 1.29 is 9.72 Å². The lowest BCUT2D eigenvalue weighted by atomic mass is 10.1. The van der Waals surface area contributed by atoms with Gasteiger partial charge in [-0.15, -0.1) is 5.10 Å². The Labute approximate surface area is 159 Å². The summed E-state index contributed by atoms with van der Waals surface area (Å²) in [7, 11) is 0. The lowest BCUT2D eigenvalue weighted by molar-refractivity contribution is -0.384. The highest BCUT2D eigenvalue weighted by Gasteiger charge is 2.14. The number of nitro benzene ring substituents is 1. The molecule has 0 N–H and O–H groups in total. The molecule has 0 saturated heterocycles. The van der Waals surface area contributed by atoms with Crippen LogP contribution < -0.4 is 0 Å². The maximum absolute atomic E-state index is 12.8. The molecule has 0 bridgehead atoms. The molecule has 4 aromatic rings. The largest absolute Gasteiger partial charge is 0.289 e. The predicted molar refractivity (Wildman–Crippen MR) is 105 cm³/mol. The van der Waals surface area contributed by atoms with Crippen molar-refractivity contribution in [3.8, 4) is 0 Å². The first kappa shape index (κ1) is 17.3. The average molecular weight is 370 g/mol. The van der Waals surface area contributed by atoms with Crippen molar-refractivity contribution in [1.82, 2.24) is 15.0 Å². The van der Waals surface area contributed by atoms with Crippen LogP contribution in [0, 0.1) is 10.1 Å². The fourth-order valence-corrected chi connectivity index (χ4v) is 2.88. The number of fused-ring (bicyclic) bond motifs is 1. The smallest absolute Gasteiger partial charge is 0.269 e. The second-order valence-corrected chi connectivity index (χ2v) is 6.05. The average Bonchev–Trinajstić information content (AvgIpc) is 3.16. The van der Waals surface area contributed by atoms with Crippen molar-refractivity contribution >= 4 is 28.2 Å². The molecule has 0 aliphatic rings. The Morgan fingerprint density at radius 1 is 0.893 bits per heavy atom. The van der Waals surface area contributed by atoms with Gasteiger partial charge < -0.3 is 0 Å². The number of benzene rings is 3. The van der Waals surface area contributed by atoms with Crippen LogP contribution in [0.25, 0.3) is 16.7 Å². The Morgan fingerprint density at radius 2 is 1.57 bits per heavy atom. The summed E-state index contributed by atoms with van der Waals surface area (Å²) in [5, 5.41) is 19.2. The molecule has 0 fully saturated rings. The Bertz CT molecular complexity index is 1200. The standard InChI is InChI=1S/C21H14N4O3/c26-21(16-10-12-17(13-11-16)25(27)28)14-20(15-6-2-1-3-7-15)24-19-9-5-4-8-18(19)22-23-24/h1-14H. The zero-order valence-electron chi connectivity index (χ0n) is 14.6. The monoisotopic (exact) mass is 370 g/mol. The Morgan fingerprint density at radius 3 is 2.29 bits per heavy atom. The van der Waals surface area contributed by atoms with Crippen LogP contribution in [0.3, 0.4) is 0 Å². The van der Waals surface area contributed by atoms with Crippen molar-refractivity contribution in [1.29, 1.82) is 0 Å². The Hall–Kier alpha value is -4.13. The minimum atomic E-state index is -0.499.